The van der Waals surface area contributed by atoms with Crippen molar-refractivity contribution in [3.05, 3.63) is 47.8 Å². The maximum Gasteiger partial charge on any atom is 0.123 e. The average Bonchev–Trinajstić information content (AvgIpc) is 2.13. The molecule has 0 fully saturated rings. The summed E-state index contributed by atoms with van der Waals surface area (Å²) in [6.07, 6.45) is 6.00. The van der Waals surface area contributed by atoms with Crippen molar-refractivity contribution < 1.29 is 4.39 Å². The van der Waals surface area contributed by atoms with Crippen molar-refractivity contribution in [1.82, 2.24) is 0 Å². The van der Waals surface area contributed by atoms with Crippen LogP contribution in [0.1, 0.15) is 12.0 Å². The van der Waals surface area contributed by atoms with Crippen molar-refractivity contribution in [1.29, 1.82) is 0 Å². The lowest BCUT2D eigenvalue weighted by Crippen LogP contribution is -1.82. The van der Waals surface area contributed by atoms with E-state index in [1.807, 2.05) is 6.07 Å². The van der Waals surface area contributed by atoms with Crippen LogP contribution in [0, 0.1) is 5.82 Å². The van der Waals surface area contributed by atoms with E-state index in [4.69, 9.17) is 0 Å². The van der Waals surface area contributed by atoms with E-state index in [1.54, 1.807) is 12.1 Å². The highest BCUT2D eigenvalue weighted by molar-refractivity contribution is 9.09. The molecule has 0 aliphatic carbocycles. The van der Waals surface area contributed by atoms with Crippen molar-refractivity contribution in [2.24, 2.45) is 0 Å². The highest BCUT2D eigenvalue weighted by Crippen LogP contribution is 2.04. The standard InChI is InChI=1S/C11H12BrF/c12-8-3-1-2-5-10-6-4-7-11(13)9-10/h1-2,4,6-7,9H,3,5,8H2. The molecule has 0 aliphatic rings. The van der Waals surface area contributed by atoms with Crippen LogP contribution in [-0.4, -0.2) is 5.33 Å². The Kier molecular flexibility index (Phi) is 4.76. The fraction of sp³-hybridized carbons (Fsp3) is 0.273. The molecule has 0 N–H and O–H groups in total. The second-order valence-corrected chi connectivity index (χ2v) is 3.58. The topological polar surface area (TPSA) is 0 Å². The van der Waals surface area contributed by atoms with Gasteiger partial charge in [0, 0.05) is 5.33 Å². The van der Waals surface area contributed by atoms with Crippen molar-refractivity contribution in [3.63, 3.8) is 0 Å². The molecule has 1 rings (SSSR count). The number of halogens is 2. The van der Waals surface area contributed by atoms with Gasteiger partial charge in [-0.25, -0.2) is 4.39 Å². The van der Waals surface area contributed by atoms with Crippen LogP contribution in [0.25, 0.3) is 0 Å². The van der Waals surface area contributed by atoms with Crippen LogP contribution in [0.3, 0.4) is 0 Å². The minimum absolute atomic E-state index is 0.161. The number of allylic oxidation sites excluding steroid dienone is 2. The monoisotopic (exact) mass is 242 g/mol. The van der Waals surface area contributed by atoms with Gasteiger partial charge in [0.05, 0.1) is 0 Å². The second-order valence-electron chi connectivity index (χ2n) is 2.78. The Labute approximate surface area is 86.6 Å². The highest BCUT2D eigenvalue weighted by atomic mass is 79.9. The third kappa shape index (κ3) is 4.23. The Morgan fingerprint density at radius 2 is 2.15 bits per heavy atom. The Balaban J connectivity index is 2.45. The smallest absolute Gasteiger partial charge is 0.123 e. The molecule has 13 heavy (non-hydrogen) atoms. The summed E-state index contributed by atoms with van der Waals surface area (Å²) >= 11 is 3.34. The molecule has 0 aromatic heterocycles. The molecule has 0 spiro atoms. The van der Waals surface area contributed by atoms with Gasteiger partial charge in [-0.3, -0.25) is 0 Å². The molecule has 0 bridgehead atoms. The van der Waals surface area contributed by atoms with Crippen LogP contribution in [0.4, 0.5) is 4.39 Å². The maximum atomic E-state index is 12.7. The maximum absolute atomic E-state index is 12.7. The minimum Gasteiger partial charge on any atom is -0.207 e. The summed E-state index contributed by atoms with van der Waals surface area (Å²) in [4.78, 5) is 0. The quantitative estimate of drug-likeness (QED) is 0.558. The molecule has 0 heterocycles. The molecule has 0 atom stereocenters. The molecular formula is C11H12BrF. The number of rotatable bonds is 4. The summed E-state index contributed by atoms with van der Waals surface area (Å²) in [6, 6.07) is 6.70. The van der Waals surface area contributed by atoms with E-state index in [0.29, 0.717) is 0 Å². The van der Waals surface area contributed by atoms with Crippen molar-refractivity contribution in [2.45, 2.75) is 12.8 Å². The summed E-state index contributed by atoms with van der Waals surface area (Å²) in [6.45, 7) is 0. The molecule has 0 aliphatic heterocycles. The highest BCUT2D eigenvalue weighted by Gasteiger charge is 1.91. The third-order valence-electron chi connectivity index (χ3n) is 1.69. The molecule has 1 aromatic rings. The van der Waals surface area contributed by atoms with E-state index in [0.717, 1.165) is 23.7 Å². The normalized spacial score (nSPS) is 10.9. The minimum atomic E-state index is -0.161. The summed E-state index contributed by atoms with van der Waals surface area (Å²) in [5.74, 6) is -0.161. The SMILES string of the molecule is Fc1cccc(CC=CCCBr)c1. The summed E-state index contributed by atoms with van der Waals surface area (Å²) < 4.78 is 12.7. The number of hydrogen-bond acceptors (Lipinski definition) is 0. The van der Waals surface area contributed by atoms with Crippen LogP contribution in [-0.2, 0) is 6.42 Å². The predicted octanol–water partition coefficient (Wildman–Crippen LogP) is 3.71. The first-order valence-electron chi connectivity index (χ1n) is 4.28. The molecule has 0 unspecified atom stereocenters. The third-order valence-corrected chi connectivity index (χ3v) is 2.14. The van der Waals surface area contributed by atoms with Gasteiger partial charge < -0.3 is 0 Å². The second kappa shape index (κ2) is 5.92. The molecule has 0 amide bonds. The van der Waals surface area contributed by atoms with Crippen LogP contribution in [0.5, 0.6) is 0 Å². The number of alkyl halides is 1. The molecule has 0 saturated heterocycles. The molecule has 70 valence electrons. The van der Waals surface area contributed by atoms with Crippen LogP contribution in [0.15, 0.2) is 36.4 Å². The van der Waals surface area contributed by atoms with E-state index in [-0.39, 0.29) is 5.82 Å². The largest absolute Gasteiger partial charge is 0.207 e. The molecule has 0 radical (unpaired) electrons. The lowest BCUT2D eigenvalue weighted by molar-refractivity contribution is 0.626. The average molecular weight is 243 g/mol. The molecule has 1 aromatic carbocycles. The first-order valence-corrected chi connectivity index (χ1v) is 5.40. The van der Waals surface area contributed by atoms with Crippen molar-refractivity contribution >= 4 is 15.9 Å². The Hall–Kier alpha value is -0.630. The van der Waals surface area contributed by atoms with E-state index in [2.05, 4.69) is 28.1 Å². The summed E-state index contributed by atoms with van der Waals surface area (Å²) in [7, 11) is 0. The lowest BCUT2D eigenvalue weighted by atomic mass is 10.1. The van der Waals surface area contributed by atoms with Crippen LogP contribution in [0.2, 0.25) is 0 Å². The van der Waals surface area contributed by atoms with E-state index in [9.17, 15) is 4.39 Å². The fourth-order valence-corrected chi connectivity index (χ4v) is 1.33. The zero-order chi connectivity index (χ0) is 9.52. The van der Waals surface area contributed by atoms with Gasteiger partial charge in [-0.05, 0) is 30.5 Å². The van der Waals surface area contributed by atoms with Gasteiger partial charge in [0.25, 0.3) is 0 Å². The molecule has 2 heteroatoms. The zero-order valence-electron chi connectivity index (χ0n) is 7.34. The van der Waals surface area contributed by atoms with Gasteiger partial charge >= 0.3 is 0 Å². The molecular weight excluding hydrogens is 231 g/mol. The zero-order valence-corrected chi connectivity index (χ0v) is 8.93. The molecule has 0 saturated carbocycles. The van der Waals surface area contributed by atoms with E-state index in [1.165, 1.54) is 6.07 Å². The first kappa shape index (κ1) is 10.5. The number of hydrogen-bond donors (Lipinski definition) is 0. The van der Waals surface area contributed by atoms with Crippen LogP contribution >= 0.6 is 15.9 Å². The van der Waals surface area contributed by atoms with Crippen LogP contribution < -0.4 is 0 Å². The van der Waals surface area contributed by atoms with Gasteiger partial charge in [-0.1, -0.05) is 40.2 Å². The fourth-order valence-electron chi connectivity index (χ4n) is 1.06. The Morgan fingerprint density at radius 3 is 2.85 bits per heavy atom. The van der Waals surface area contributed by atoms with Gasteiger partial charge in [0.2, 0.25) is 0 Å². The predicted molar refractivity (Wildman–Crippen MR) is 57.7 cm³/mol. The number of benzene rings is 1. The summed E-state index contributed by atoms with van der Waals surface area (Å²) in [5.41, 5.74) is 1.02. The Bertz CT molecular complexity index is 281. The van der Waals surface area contributed by atoms with E-state index >= 15 is 0 Å². The van der Waals surface area contributed by atoms with Crippen molar-refractivity contribution in [3.8, 4) is 0 Å². The van der Waals surface area contributed by atoms with Gasteiger partial charge in [-0.15, -0.1) is 0 Å². The van der Waals surface area contributed by atoms with Gasteiger partial charge in [0.15, 0.2) is 0 Å². The lowest BCUT2D eigenvalue weighted by Gasteiger charge is -1.95. The van der Waals surface area contributed by atoms with E-state index < -0.39 is 0 Å². The van der Waals surface area contributed by atoms with Gasteiger partial charge in [-0.2, -0.15) is 0 Å². The van der Waals surface area contributed by atoms with Crippen molar-refractivity contribution in [2.75, 3.05) is 5.33 Å². The Morgan fingerprint density at radius 1 is 1.31 bits per heavy atom. The summed E-state index contributed by atoms with van der Waals surface area (Å²) in [5, 5.41) is 0.979. The first-order chi connectivity index (χ1) is 6.33. The molecule has 0 nitrogen and oxygen atoms in total. The van der Waals surface area contributed by atoms with Gasteiger partial charge in [0.1, 0.15) is 5.82 Å².